The van der Waals surface area contributed by atoms with E-state index in [1.807, 2.05) is 18.2 Å². The van der Waals surface area contributed by atoms with Crippen LogP contribution in [0.3, 0.4) is 0 Å². The molecule has 0 fully saturated rings. The molecule has 2 rings (SSSR count). The summed E-state index contributed by atoms with van der Waals surface area (Å²) in [6.07, 6.45) is 1.04. The van der Waals surface area contributed by atoms with Crippen LogP contribution in [-0.4, -0.2) is 6.54 Å². The molecule has 0 bridgehead atoms. The number of nitrogens with one attached hydrogen (secondary N) is 1. The SMILES string of the molecule is CCc1ccccc1N(CC)Nc1ccccc1. The molecule has 0 aliphatic heterocycles. The number of hydrogen-bond acceptors (Lipinski definition) is 2. The number of benzene rings is 2. The molecule has 2 heteroatoms. The van der Waals surface area contributed by atoms with E-state index in [4.69, 9.17) is 0 Å². The lowest BCUT2D eigenvalue weighted by Gasteiger charge is -2.27. The molecule has 0 heterocycles. The maximum Gasteiger partial charge on any atom is 0.0603 e. The number of anilines is 2. The van der Waals surface area contributed by atoms with Crippen LogP contribution >= 0.6 is 0 Å². The van der Waals surface area contributed by atoms with Crippen molar-refractivity contribution in [1.29, 1.82) is 0 Å². The molecule has 0 aromatic heterocycles. The molecule has 2 aromatic carbocycles. The second kappa shape index (κ2) is 6.10. The zero-order valence-corrected chi connectivity index (χ0v) is 11.1. The predicted octanol–water partition coefficient (Wildman–Crippen LogP) is 4.10. The van der Waals surface area contributed by atoms with Gasteiger partial charge in [0.25, 0.3) is 0 Å². The number of nitrogens with zero attached hydrogens (tertiary/aromatic N) is 1. The smallest absolute Gasteiger partial charge is 0.0603 e. The van der Waals surface area contributed by atoms with Crippen LogP contribution in [0.25, 0.3) is 0 Å². The average molecular weight is 240 g/mol. The van der Waals surface area contributed by atoms with Gasteiger partial charge in [0, 0.05) is 6.54 Å². The Hall–Kier alpha value is -1.96. The van der Waals surface area contributed by atoms with Gasteiger partial charge in [0.15, 0.2) is 0 Å². The summed E-state index contributed by atoms with van der Waals surface area (Å²) in [4.78, 5) is 0. The highest BCUT2D eigenvalue weighted by atomic mass is 15.5. The minimum absolute atomic E-state index is 0.923. The Labute approximate surface area is 109 Å². The summed E-state index contributed by atoms with van der Waals surface area (Å²) in [7, 11) is 0. The Balaban J connectivity index is 2.23. The Morgan fingerprint density at radius 3 is 2.22 bits per heavy atom. The van der Waals surface area contributed by atoms with Gasteiger partial charge in [-0.1, -0.05) is 43.3 Å². The van der Waals surface area contributed by atoms with Gasteiger partial charge >= 0.3 is 0 Å². The molecule has 0 atom stereocenters. The zero-order chi connectivity index (χ0) is 12.8. The van der Waals surface area contributed by atoms with Crippen LogP contribution in [-0.2, 0) is 6.42 Å². The van der Waals surface area contributed by atoms with Gasteiger partial charge in [0.2, 0.25) is 0 Å². The van der Waals surface area contributed by atoms with Crippen molar-refractivity contribution >= 4 is 11.4 Å². The fourth-order valence-corrected chi connectivity index (χ4v) is 2.05. The van der Waals surface area contributed by atoms with E-state index in [-0.39, 0.29) is 0 Å². The van der Waals surface area contributed by atoms with Crippen molar-refractivity contribution in [3.63, 3.8) is 0 Å². The third-order valence-corrected chi connectivity index (χ3v) is 3.02. The molecule has 0 aliphatic carbocycles. The molecule has 0 unspecified atom stereocenters. The van der Waals surface area contributed by atoms with E-state index in [1.54, 1.807) is 0 Å². The van der Waals surface area contributed by atoms with Gasteiger partial charge in [-0.25, -0.2) is 0 Å². The number of rotatable bonds is 5. The van der Waals surface area contributed by atoms with E-state index in [0.29, 0.717) is 0 Å². The van der Waals surface area contributed by atoms with Gasteiger partial charge in [-0.15, -0.1) is 0 Å². The van der Waals surface area contributed by atoms with Crippen LogP contribution in [0.5, 0.6) is 0 Å². The van der Waals surface area contributed by atoms with Crippen molar-refractivity contribution in [2.24, 2.45) is 0 Å². The largest absolute Gasteiger partial charge is 0.298 e. The predicted molar refractivity (Wildman–Crippen MR) is 78.9 cm³/mol. The fourth-order valence-electron chi connectivity index (χ4n) is 2.05. The highest BCUT2D eigenvalue weighted by Gasteiger charge is 2.07. The highest BCUT2D eigenvalue weighted by Crippen LogP contribution is 2.21. The van der Waals surface area contributed by atoms with Crippen LogP contribution in [0.4, 0.5) is 11.4 Å². The molecule has 1 N–H and O–H groups in total. The molecular formula is C16H20N2. The Kier molecular flexibility index (Phi) is 4.24. The molecular weight excluding hydrogens is 220 g/mol. The third-order valence-electron chi connectivity index (χ3n) is 3.02. The third kappa shape index (κ3) is 2.83. The maximum atomic E-state index is 3.45. The second-order valence-corrected chi connectivity index (χ2v) is 4.20. The summed E-state index contributed by atoms with van der Waals surface area (Å²) >= 11 is 0. The Morgan fingerprint density at radius 2 is 1.56 bits per heavy atom. The van der Waals surface area contributed by atoms with Gasteiger partial charge < -0.3 is 0 Å². The van der Waals surface area contributed by atoms with Crippen molar-refractivity contribution < 1.29 is 0 Å². The molecule has 0 saturated heterocycles. The van der Waals surface area contributed by atoms with Crippen LogP contribution < -0.4 is 10.4 Å². The van der Waals surface area contributed by atoms with Gasteiger partial charge in [-0.2, -0.15) is 0 Å². The zero-order valence-electron chi connectivity index (χ0n) is 11.1. The fraction of sp³-hybridized carbons (Fsp3) is 0.250. The normalized spacial score (nSPS) is 10.1. The van der Waals surface area contributed by atoms with Crippen molar-refractivity contribution in [3.05, 3.63) is 60.2 Å². The Morgan fingerprint density at radius 1 is 0.889 bits per heavy atom. The number of hydrazine groups is 1. The van der Waals surface area contributed by atoms with Crippen molar-refractivity contribution in [1.82, 2.24) is 0 Å². The van der Waals surface area contributed by atoms with E-state index < -0.39 is 0 Å². The first-order valence-electron chi connectivity index (χ1n) is 6.52. The molecule has 0 saturated carbocycles. The topological polar surface area (TPSA) is 15.3 Å². The van der Waals surface area contributed by atoms with E-state index in [2.05, 4.69) is 60.7 Å². The quantitative estimate of drug-likeness (QED) is 0.791. The molecule has 18 heavy (non-hydrogen) atoms. The minimum Gasteiger partial charge on any atom is -0.298 e. The average Bonchev–Trinajstić information content (AvgIpc) is 2.46. The first kappa shape index (κ1) is 12.5. The Bertz CT molecular complexity index is 479. The second-order valence-electron chi connectivity index (χ2n) is 4.20. The molecule has 0 amide bonds. The molecule has 0 radical (unpaired) electrons. The first-order chi connectivity index (χ1) is 8.85. The van der Waals surface area contributed by atoms with Crippen LogP contribution in [0.2, 0.25) is 0 Å². The van der Waals surface area contributed by atoms with E-state index in [9.17, 15) is 0 Å². The molecule has 2 aromatic rings. The number of aryl methyl sites for hydroxylation is 1. The van der Waals surface area contributed by atoms with Crippen LogP contribution in [0, 0.1) is 0 Å². The summed E-state index contributed by atoms with van der Waals surface area (Å²) in [5.41, 5.74) is 7.19. The van der Waals surface area contributed by atoms with Crippen molar-refractivity contribution in [3.8, 4) is 0 Å². The van der Waals surface area contributed by atoms with Gasteiger partial charge in [0.05, 0.1) is 11.4 Å². The lowest BCUT2D eigenvalue weighted by atomic mass is 10.1. The standard InChI is InChI=1S/C16H20N2/c1-3-14-10-8-9-13-16(14)18(4-2)17-15-11-6-5-7-12-15/h5-13,17H,3-4H2,1-2H3. The summed E-state index contributed by atoms with van der Waals surface area (Å²) in [5, 5.41) is 2.19. The van der Waals surface area contributed by atoms with E-state index >= 15 is 0 Å². The van der Waals surface area contributed by atoms with Gasteiger partial charge in [0.1, 0.15) is 0 Å². The summed E-state index contributed by atoms with van der Waals surface area (Å²) < 4.78 is 0. The molecule has 0 aliphatic rings. The molecule has 2 nitrogen and oxygen atoms in total. The molecule has 0 spiro atoms. The van der Waals surface area contributed by atoms with Crippen molar-refractivity contribution in [2.45, 2.75) is 20.3 Å². The monoisotopic (exact) mass is 240 g/mol. The lowest BCUT2D eigenvalue weighted by molar-refractivity contribution is 0.931. The lowest BCUT2D eigenvalue weighted by Crippen LogP contribution is -2.30. The summed E-state index contributed by atoms with van der Waals surface area (Å²) in [6, 6.07) is 18.8. The van der Waals surface area contributed by atoms with E-state index in [0.717, 1.165) is 18.7 Å². The summed E-state index contributed by atoms with van der Waals surface area (Å²) in [5.74, 6) is 0. The number of para-hydroxylation sites is 2. The summed E-state index contributed by atoms with van der Waals surface area (Å²) in [6.45, 7) is 5.27. The van der Waals surface area contributed by atoms with Gasteiger partial charge in [-0.3, -0.25) is 10.4 Å². The van der Waals surface area contributed by atoms with Gasteiger partial charge in [-0.05, 0) is 37.1 Å². The van der Waals surface area contributed by atoms with E-state index in [1.165, 1.54) is 11.3 Å². The first-order valence-corrected chi connectivity index (χ1v) is 6.52. The van der Waals surface area contributed by atoms with Crippen LogP contribution in [0.1, 0.15) is 19.4 Å². The maximum absolute atomic E-state index is 3.45. The van der Waals surface area contributed by atoms with Crippen LogP contribution in [0.15, 0.2) is 54.6 Å². The minimum atomic E-state index is 0.923. The highest BCUT2D eigenvalue weighted by molar-refractivity contribution is 5.59. The number of hydrogen-bond donors (Lipinski definition) is 1. The van der Waals surface area contributed by atoms with Crippen molar-refractivity contribution in [2.75, 3.05) is 17.0 Å². The molecule has 94 valence electrons.